The molecule has 0 bridgehead atoms. The largest absolute Gasteiger partial charge is 0.506 e. The molecule has 1 aliphatic heterocycles. The molecule has 1 aromatic carbocycles. The number of aromatic carboxylic acids is 1. The number of carboxylic acid groups (broad SMARTS) is 1. The average Bonchev–Trinajstić information content (AvgIpc) is 3.19. The lowest BCUT2D eigenvalue weighted by molar-refractivity contribution is 0.0691. The van der Waals surface area contributed by atoms with Gasteiger partial charge in [-0.15, -0.1) is 0 Å². The summed E-state index contributed by atoms with van der Waals surface area (Å²) in [6.45, 7) is 2.73. The number of likely N-dealkylation sites (tertiary alicyclic amines) is 1. The lowest BCUT2D eigenvalue weighted by atomic mass is 9.98. The number of rotatable bonds is 3. The number of aromatic amines is 1. The van der Waals surface area contributed by atoms with Crippen molar-refractivity contribution in [3.05, 3.63) is 50.9 Å². The molecule has 1 saturated heterocycles. The van der Waals surface area contributed by atoms with Crippen LogP contribution in [0.3, 0.4) is 0 Å². The zero-order valence-corrected chi connectivity index (χ0v) is 17.4. The van der Waals surface area contributed by atoms with Crippen molar-refractivity contribution < 1.29 is 15.0 Å². The molecule has 162 valence electrons. The third-order valence-corrected chi connectivity index (χ3v) is 6.71. The van der Waals surface area contributed by atoms with Crippen LogP contribution in [-0.4, -0.2) is 49.8 Å². The third-order valence-electron chi connectivity index (χ3n) is 6.71. The van der Waals surface area contributed by atoms with Crippen LogP contribution in [0.15, 0.2) is 23.0 Å². The third kappa shape index (κ3) is 3.23. The second-order valence-corrected chi connectivity index (χ2v) is 8.74. The zero-order chi connectivity index (χ0) is 21.9. The molecule has 5 rings (SSSR count). The van der Waals surface area contributed by atoms with E-state index in [1.807, 2.05) is 6.07 Å². The Morgan fingerprint density at radius 1 is 1.29 bits per heavy atom. The van der Waals surface area contributed by atoms with E-state index in [0.29, 0.717) is 17.7 Å². The molecule has 1 atom stereocenters. The number of nitrogens with two attached hydrogens (primary N) is 1. The van der Waals surface area contributed by atoms with E-state index in [1.54, 1.807) is 0 Å². The van der Waals surface area contributed by atoms with Crippen molar-refractivity contribution in [1.29, 1.82) is 0 Å². The molecule has 8 heteroatoms. The highest BCUT2D eigenvalue weighted by molar-refractivity contribution is 5.93. The van der Waals surface area contributed by atoms with Gasteiger partial charge in [0, 0.05) is 60.4 Å². The van der Waals surface area contributed by atoms with E-state index in [0.717, 1.165) is 60.9 Å². The minimum Gasteiger partial charge on any atom is -0.506 e. The molecule has 1 aliphatic carbocycles. The summed E-state index contributed by atoms with van der Waals surface area (Å²) in [5.41, 5.74) is 9.96. The Morgan fingerprint density at radius 2 is 2.10 bits per heavy atom. The summed E-state index contributed by atoms with van der Waals surface area (Å²) < 4.78 is 2.21. The highest BCUT2D eigenvalue weighted by atomic mass is 16.4. The maximum absolute atomic E-state index is 12.4. The maximum Gasteiger partial charge on any atom is 0.345 e. The van der Waals surface area contributed by atoms with Crippen LogP contribution in [0, 0.1) is 0 Å². The van der Waals surface area contributed by atoms with Gasteiger partial charge in [-0.25, -0.2) is 4.79 Å². The van der Waals surface area contributed by atoms with Crippen LogP contribution >= 0.6 is 0 Å². The van der Waals surface area contributed by atoms with E-state index in [4.69, 9.17) is 5.73 Å². The van der Waals surface area contributed by atoms with Crippen LogP contribution < -0.4 is 11.3 Å². The number of aryl methyl sites for hydroxylation is 2. The summed E-state index contributed by atoms with van der Waals surface area (Å²) in [5, 5.41) is 20.9. The van der Waals surface area contributed by atoms with Crippen molar-refractivity contribution in [2.75, 3.05) is 13.1 Å². The summed E-state index contributed by atoms with van der Waals surface area (Å²) in [4.78, 5) is 28.9. The van der Waals surface area contributed by atoms with Gasteiger partial charge in [0.05, 0.1) is 5.69 Å². The van der Waals surface area contributed by atoms with Gasteiger partial charge in [0.25, 0.3) is 5.56 Å². The first kappa shape index (κ1) is 19.8. The summed E-state index contributed by atoms with van der Waals surface area (Å²) in [6, 6.07) is 6.60. The number of aromatic hydroxyl groups is 1. The number of H-pyrrole nitrogens is 1. The molecule has 0 unspecified atom stereocenters. The molecule has 1 fully saturated rings. The molecule has 0 amide bonds. The molecule has 3 heterocycles. The van der Waals surface area contributed by atoms with Crippen LogP contribution in [0.2, 0.25) is 0 Å². The Labute approximate surface area is 178 Å². The van der Waals surface area contributed by atoms with Gasteiger partial charge >= 0.3 is 5.97 Å². The first-order valence-corrected chi connectivity index (χ1v) is 10.6. The quantitative estimate of drug-likeness (QED) is 0.511. The van der Waals surface area contributed by atoms with E-state index in [1.165, 1.54) is 5.69 Å². The number of benzene rings is 1. The van der Waals surface area contributed by atoms with Gasteiger partial charge in [-0.05, 0) is 49.4 Å². The number of nitrogens with zero attached hydrogens (tertiary/aromatic N) is 2. The highest BCUT2D eigenvalue weighted by Gasteiger charge is 2.26. The summed E-state index contributed by atoms with van der Waals surface area (Å²) in [6.07, 6.45) is 3.06. The van der Waals surface area contributed by atoms with Crippen molar-refractivity contribution in [3.8, 4) is 17.0 Å². The first-order chi connectivity index (χ1) is 14.8. The first-order valence-electron chi connectivity index (χ1n) is 10.6. The van der Waals surface area contributed by atoms with Crippen molar-refractivity contribution in [2.24, 2.45) is 12.8 Å². The fraction of sp³-hybridized carbons (Fsp3) is 0.391. The molecule has 2 aliphatic rings. The van der Waals surface area contributed by atoms with Gasteiger partial charge in [-0.1, -0.05) is 0 Å². The number of fused-ring (bicyclic) bond motifs is 4. The zero-order valence-electron chi connectivity index (χ0n) is 17.4. The van der Waals surface area contributed by atoms with Crippen LogP contribution in [0.25, 0.3) is 22.2 Å². The minimum atomic E-state index is -1.42. The van der Waals surface area contributed by atoms with Crippen molar-refractivity contribution in [2.45, 2.75) is 38.3 Å². The van der Waals surface area contributed by atoms with Gasteiger partial charge in [0.2, 0.25) is 0 Å². The SMILES string of the molecule is Cn1c(CN2CC[C@H](N)C2)cc2cc3c(cc21)CCCc1c-3[nH]c(=O)c(C(=O)O)c1O. The van der Waals surface area contributed by atoms with Crippen LogP contribution in [-0.2, 0) is 26.4 Å². The topological polar surface area (TPSA) is 125 Å². The fourth-order valence-corrected chi connectivity index (χ4v) is 5.07. The number of aromatic nitrogens is 2. The Balaban J connectivity index is 1.64. The van der Waals surface area contributed by atoms with Crippen molar-refractivity contribution in [1.82, 2.24) is 14.5 Å². The van der Waals surface area contributed by atoms with Crippen molar-refractivity contribution in [3.63, 3.8) is 0 Å². The lowest BCUT2D eigenvalue weighted by Gasteiger charge is -2.15. The van der Waals surface area contributed by atoms with E-state index < -0.39 is 22.8 Å². The molecule has 31 heavy (non-hydrogen) atoms. The van der Waals surface area contributed by atoms with Gasteiger partial charge < -0.3 is 25.5 Å². The molecular formula is C23H26N4O4. The second-order valence-electron chi connectivity index (χ2n) is 8.74. The maximum atomic E-state index is 12.4. The standard InChI is InChI=1S/C23H26N4O4/c1-26-15(11-27-6-5-14(24)10-27)7-13-8-17-12(9-18(13)26)3-2-4-16-20(17)25-22(29)19(21(16)28)23(30)31/h7-9,14H,2-6,10-11,24H2,1H3,(H,30,31)(H2,25,28,29)/t14-/m0/s1. The second kappa shape index (κ2) is 7.25. The summed E-state index contributed by atoms with van der Waals surface area (Å²) in [5.74, 6) is -1.84. The fourth-order valence-electron chi connectivity index (χ4n) is 5.07. The van der Waals surface area contributed by atoms with Gasteiger partial charge in [-0.2, -0.15) is 0 Å². The van der Waals surface area contributed by atoms with Gasteiger partial charge in [-0.3, -0.25) is 9.69 Å². The number of hydrogen-bond acceptors (Lipinski definition) is 5. The average molecular weight is 422 g/mol. The number of carbonyl (C=O) groups is 1. The Morgan fingerprint density at radius 3 is 2.81 bits per heavy atom. The number of nitrogens with one attached hydrogen (secondary N) is 1. The van der Waals surface area contributed by atoms with E-state index in [9.17, 15) is 19.8 Å². The normalized spacial score (nSPS) is 18.7. The number of hydrogen-bond donors (Lipinski definition) is 4. The van der Waals surface area contributed by atoms with E-state index in [-0.39, 0.29) is 6.04 Å². The monoisotopic (exact) mass is 422 g/mol. The molecule has 3 aromatic rings. The highest BCUT2D eigenvalue weighted by Crippen LogP contribution is 2.38. The predicted molar refractivity (Wildman–Crippen MR) is 117 cm³/mol. The smallest absolute Gasteiger partial charge is 0.345 e. The molecule has 8 nitrogen and oxygen atoms in total. The lowest BCUT2D eigenvalue weighted by Crippen LogP contribution is -2.26. The molecular weight excluding hydrogens is 396 g/mol. The molecule has 0 spiro atoms. The van der Waals surface area contributed by atoms with Crippen LogP contribution in [0.5, 0.6) is 5.75 Å². The Kier molecular flexibility index (Phi) is 4.64. The van der Waals surface area contributed by atoms with Crippen molar-refractivity contribution >= 4 is 16.9 Å². The molecule has 0 radical (unpaired) electrons. The molecule has 0 saturated carbocycles. The van der Waals surface area contributed by atoms with Crippen LogP contribution in [0.4, 0.5) is 0 Å². The Hall–Kier alpha value is -3.10. The molecule has 5 N–H and O–H groups in total. The minimum absolute atomic E-state index is 0.238. The Bertz CT molecular complexity index is 1270. The van der Waals surface area contributed by atoms with E-state index >= 15 is 0 Å². The summed E-state index contributed by atoms with van der Waals surface area (Å²) >= 11 is 0. The van der Waals surface area contributed by atoms with Gasteiger partial charge in [0.15, 0.2) is 5.56 Å². The van der Waals surface area contributed by atoms with E-state index in [2.05, 4.69) is 33.6 Å². The van der Waals surface area contributed by atoms with Gasteiger partial charge in [0.1, 0.15) is 5.75 Å². The number of carboxylic acids is 1. The molecule has 2 aromatic heterocycles. The predicted octanol–water partition coefficient (Wildman–Crippen LogP) is 1.96. The summed E-state index contributed by atoms with van der Waals surface area (Å²) in [7, 11) is 2.07. The van der Waals surface area contributed by atoms with Crippen LogP contribution in [0.1, 0.15) is 40.0 Å². The number of pyridine rings is 1.